The lowest BCUT2D eigenvalue weighted by Crippen LogP contribution is -2.47. The van der Waals surface area contributed by atoms with Crippen molar-refractivity contribution in [2.45, 2.75) is 13.0 Å². The second-order valence-electron chi connectivity index (χ2n) is 5.74. The smallest absolute Gasteiger partial charge is 0.115 e. The molecular weight excluding hydrogens is 296 g/mol. The quantitative estimate of drug-likeness (QED) is 0.929. The van der Waals surface area contributed by atoms with E-state index in [0.717, 1.165) is 31.2 Å². The van der Waals surface area contributed by atoms with Crippen molar-refractivity contribution in [2.24, 2.45) is 0 Å². The summed E-state index contributed by atoms with van der Waals surface area (Å²) in [6.45, 7) is 6.21. The molecule has 2 aromatic rings. The number of piperazine rings is 1. The van der Waals surface area contributed by atoms with Crippen molar-refractivity contribution in [3.05, 3.63) is 59.1 Å². The van der Waals surface area contributed by atoms with Crippen LogP contribution >= 0.6 is 11.6 Å². The van der Waals surface area contributed by atoms with Crippen LogP contribution in [0.4, 0.5) is 5.69 Å². The van der Waals surface area contributed by atoms with Crippen LogP contribution in [0.2, 0.25) is 5.02 Å². The lowest BCUT2D eigenvalue weighted by molar-refractivity contribution is 0.198. The highest BCUT2D eigenvalue weighted by atomic mass is 35.5. The highest BCUT2D eigenvalue weighted by Gasteiger charge is 2.23. The highest BCUT2D eigenvalue weighted by Crippen LogP contribution is 2.28. The highest BCUT2D eigenvalue weighted by molar-refractivity contribution is 6.31. The summed E-state index contributed by atoms with van der Waals surface area (Å²) in [5.74, 6) is 0.315. The van der Waals surface area contributed by atoms with Crippen molar-refractivity contribution in [1.29, 1.82) is 0 Å². The molecule has 22 heavy (non-hydrogen) atoms. The van der Waals surface area contributed by atoms with Crippen LogP contribution < -0.4 is 4.90 Å². The van der Waals surface area contributed by atoms with E-state index in [1.807, 2.05) is 30.3 Å². The zero-order valence-electron chi connectivity index (χ0n) is 12.7. The Morgan fingerprint density at radius 3 is 2.23 bits per heavy atom. The van der Waals surface area contributed by atoms with E-state index >= 15 is 0 Å². The Balaban J connectivity index is 1.64. The van der Waals surface area contributed by atoms with Crippen LogP contribution in [0.15, 0.2) is 48.5 Å². The second-order valence-corrected chi connectivity index (χ2v) is 6.14. The lowest BCUT2D eigenvalue weighted by Gasteiger charge is -2.39. The molecule has 1 aliphatic heterocycles. The summed E-state index contributed by atoms with van der Waals surface area (Å²) in [7, 11) is 0. The number of hydrogen-bond donors (Lipinski definition) is 1. The van der Waals surface area contributed by atoms with E-state index in [-0.39, 0.29) is 0 Å². The molecule has 3 rings (SSSR count). The first-order valence-electron chi connectivity index (χ1n) is 7.67. The van der Waals surface area contributed by atoms with Crippen LogP contribution in [0.25, 0.3) is 0 Å². The Kier molecular flexibility index (Phi) is 4.55. The van der Waals surface area contributed by atoms with Gasteiger partial charge in [0.15, 0.2) is 0 Å². The fourth-order valence-electron chi connectivity index (χ4n) is 3.04. The van der Waals surface area contributed by atoms with E-state index in [1.54, 1.807) is 12.1 Å². The standard InChI is InChI=1S/C18H21ClN2O/c1-14(17-4-2-3-5-18(17)19)20-10-12-21(13-11-20)15-6-8-16(22)9-7-15/h2-9,14,22H,10-13H2,1H3/t14-/m1/s1. The molecule has 0 aliphatic carbocycles. The van der Waals surface area contributed by atoms with E-state index in [4.69, 9.17) is 11.6 Å². The Morgan fingerprint density at radius 1 is 0.955 bits per heavy atom. The maximum atomic E-state index is 9.38. The van der Waals surface area contributed by atoms with Gasteiger partial charge in [0.1, 0.15) is 5.75 Å². The summed E-state index contributed by atoms with van der Waals surface area (Å²) in [4.78, 5) is 4.83. The van der Waals surface area contributed by atoms with Gasteiger partial charge in [0, 0.05) is 42.9 Å². The number of phenolic OH excluding ortho intramolecular Hbond substituents is 1. The van der Waals surface area contributed by atoms with E-state index in [0.29, 0.717) is 11.8 Å². The van der Waals surface area contributed by atoms with Crippen molar-refractivity contribution in [2.75, 3.05) is 31.1 Å². The molecular formula is C18H21ClN2O. The molecule has 1 saturated heterocycles. The molecule has 1 aliphatic rings. The van der Waals surface area contributed by atoms with E-state index < -0.39 is 0 Å². The fourth-order valence-corrected chi connectivity index (χ4v) is 3.34. The van der Waals surface area contributed by atoms with Gasteiger partial charge in [-0.25, -0.2) is 0 Å². The van der Waals surface area contributed by atoms with Crippen LogP contribution in [0.3, 0.4) is 0 Å². The van der Waals surface area contributed by atoms with Crippen LogP contribution in [-0.2, 0) is 0 Å². The van der Waals surface area contributed by atoms with Gasteiger partial charge < -0.3 is 10.0 Å². The molecule has 2 aromatic carbocycles. The molecule has 1 fully saturated rings. The first-order valence-corrected chi connectivity index (χ1v) is 8.05. The third-order valence-corrected chi connectivity index (χ3v) is 4.78. The summed E-state index contributed by atoms with van der Waals surface area (Å²) in [5.41, 5.74) is 2.37. The fraction of sp³-hybridized carbons (Fsp3) is 0.333. The van der Waals surface area contributed by atoms with Crippen LogP contribution in [-0.4, -0.2) is 36.2 Å². The largest absolute Gasteiger partial charge is 0.508 e. The number of rotatable bonds is 3. The molecule has 0 saturated carbocycles. The molecule has 1 atom stereocenters. The van der Waals surface area contributed by atoms with E-state index in [1.165, 1.54) is 11.3 Å². The molecule has 1 N–H and O–H groups in total. The minimum absolute atomic E-state index is 0.315. The average molecular weight is 317 g/mol. The zero-order valence-corrected chi connectivity index (χ0v) is 13.5. The first-order chi connectivity index (χ1) is 10.6. The molecule has 116 valence electrons. The Bertz CT molecular complexity index is 621. The van der Waals surface area contributed by atoms with Crippen molar-refractivity contribution >= 4 is 17.3 Å². The summed E-state index contributed by atoms with van der Waals surface area (Å²) in [5, 5.41) is 10.2. The molecule has 0 aromatic heterocycles. The number of benzene rings is 2. The number of nitrogens with zero attached hydrogens (tertiary/aromatic N) is 2. The molecule has 0 bridgehead atoms. The third-order valence-electron chi connectivity index (χ3n) is 4.43. The first kappa shape index (κ1) is 15.2. The topological polar surface area (TPSA) is 26.7 Å². The number of anilines is 1. The van der Waals surface area contributed by atoms with Gasteiger partial charge in [-0.3, -0.25) is 4.90 Å². The predicted octanol–water partition coefficient (Wildman–Crippen LogP) is 3.93. The second kappa shape index (κ2) is 6.59. The Hall–Kier alpha value is -1.71. The molecule has 1 heterocycles. The number of hydrogen-bond acceptors (Lipinski definition) is 3. The maximum absolute atomic E-state index is 9.38. The molecule has 3 nitrogen and oxygen atoms in total. The summed E-state index contributed by atoms with van der Waals surface area (Å²) in [6, 6.07) is 15.9. The van der Waals surface area contributed by atoms with Crippen molar-refractivity contribution in [3.63, 3.8) is 0 Å². The summed E-state index contributed by atoms with van der Waals surface area (Å²) in [6.07, 6.45) is 0. The SMILES string of the molecule is C[C@H](c1ccccc1Cl)N1CCN(c2ccc(O)cc2)CC1. The van der Waals surface area contributed by atoms with Gasteiger partial charge in [0.25, 0.3) is 0 Å². The van der Waals surface area contributed by atoms with Crippen LogP contribution in [0.5, 0.6) is 5.75 Å². The van der Waals surface area contributed by atoms with Crippen LogP contribution in [0.1, 0.15) is 18.5 Å². The van der Waals surface area contributed by atoms with Gasteiger partial charge in [0.2, 0.25) is 0 Å². The number of phenols is 1. The van der Waals surface area contributed by atoms with E-state index in [9.17, 15) is 5.11 Å². The van der Waals surface area contributed by atoms with E-state index in [2.05, 4.69) is 22.8 Å². The molecule has 0 unspecified atom stereocenters. The van der Waals surface area contributed by atoms with Gasteiger partial charge >= 0.3 is 0 Å². The number of halogens is 1. The monoisotopic (exact) mass is 316 g/mol. The molecule has 4 heteroatoms. The van der Waals surface area contributed by atoms with Crippen LogP contribution in [0, 0.1) is 0 Å². The van der Waals surface area contributed by atoms with Crippen molar-refractivity contribution < 1.29 is 5.11 Å². The molecule has 0 radical (unpaired) electrons. The zero-order chi connectivity index (χ0) is 15.5. The normalized spacial score (nSPS) is 17.5. The van der Waals surface area contributed by atoms with Crippen molar-refractivity contribution in [3.8, 4) is 5.75 Å². The van der Waals surface area contributed by atoms with Gasteiger partial charge in [-0.1, -0.05) is 29.8 Å². The molecule has 0 amide bonds. The average Bonchev–Trinajstić information content (AvgIpc) is 2.56. The predicted molar refractivity (Wildman–Crippen MR) is 91.8 cm³/mol. The van der Waals surface area contributed by atoms with Gasteiger partial charge in [0.05, 0.1) is 0 Å². The van der Waals surface area contributed by atoms with Gasteiger partial charge in [-0.15, -0.1) is 0 Å². The summed E-state index contributed by atoms with van der Waals surface area (Å²) >= 11 is 6.32. The third kappa shape index (κ3) is 3.21. The molecule has 0 spiro atoms. The minimum Gasteiger partial charge on any atom is -0.508 e. The number of aromatic hydroxyl groups is 1. The minimum atomic E-state index is 0.315. The Labute approximate surface area is 136 Å². The maximum Gasteiger partial charge on any atom is 0.115 e. The lowest BCUT2D eigenvalue weighted by atomic mass is 10.1. The summed E-state index contributed by atoms with van der Waals surface area (Å²) < 4.78 is 0. The van der Waals surface area contributed by atoms with Gasteiger partial charge in [-0.05, 0) is 42.8 Å². The van der Waals surface area contributed by atoms with Gasteiger partial charge in [-0.2, -0.15) is 0 Å². The Morgan fingerprint density at radius 2 is 1.59 bits per heavy atom. The van der Waals surface area contributed by atoms with Crippen molar-refractivity contribution in [1.82, 2.24) is 4.90 Å².